The minimum Gasteiger partial charge on any atom is -0.329 e. The predicted octanol–water partition coefficient (Wildman–Crippen LogP) is 2.50. The lowest BCUT2D eigenvalue weighted by Gasteiger charge is -2.40. The van der Waals surface area contributed by atoms with Crippen LogP contribution in [-0.2, 0) is 10.0 Å². The van der Waals surface area contributed by atoms with E-state index in [1.54, 1.807) is 6.92 Å². The van der Waals surface area contributed by atoms with Gasteiger partial charge in [0, 0.05) is 25.0 Å². The van der Waals surface area contributed by atoms with Crippen LogP contribution in [0.25, 0.3) is 0 Å². The molecule has 0 aromatic carbocycles. The summed E-state index contributed by atoms with van der Waals surface area (Å²) in [6.45, 7) is 5.73. The second-order valence-corrected chi connectivity index (χ2v) is 6.85. The molecule has 0 saturated heterocycles. The van der Waals surface area contributed by atoms with Gasteiger partial charge in [0.1, 0.15) is 0 Å². The Bertz CT molecular complexity index is 370. The van der Waals surface area contributed by atoms with Crippen molar-refractivity contribution in [2.24, 2.45) is 5.73 Å². The molecule has 0 aromatic heterocycles. The summed E-state index contributed by atoms with van der Waals surface area (Å²) in [5, 5.41) is 0. The fourth-order valence-electron chi connectivity index (χ4n) is 2.39. The van der Waals surface area contributed by atoms with E-state index in [1.165, 1.54) is 4.31 Å². The Balaban J connectivity index is 5.03. The third-order valence-electron chi connectivity index (χ3n) is 3.71. The Morgan fingerprint density at radius 3 is 1.90 bits per heavy atom. The summed E-state index contributed by atoms with van der Waals surface area (Å²) < 4.78 is 62.2. The number of alkyl halides is 3. The molecule has 0 heterocycles. The largest absolute Gasteiger partial charge is 0.389 e. The second-order valence-electron chi connectivity index (χ2n) is 4.84. The standard InChI is InChI=1S/C12H25F3N2O2S/c1-4-11(5-2,10-16)17(6-3)20(18,19)9-7-8-12(13,14)15/h4-10,16H2,1-3H3. The molecule has 0 aliphatic rings. The monoisotopic (exact) mass is 318 g/mol. The number of likely N-dealkylation sites (N-methyl/N-ethyl adjacent to an activating group) is 1. The highest BCUT2D eigenvalue weighted by atomic mass is 32.2. The molecule has 20 heavy (non-hydrogen) atoms. The van der Waals surface area contributed by atoms with Crippen LogP contribution in [0, 0.1) is 0 Å². The van der Waals surface area contributed by atoms with Gasteiger partial charge in [-0.05, 0) is 19.3 Å². The Hall–Kier alpha value is -0.340. The van der Waals surface area contributed by atoms with Crippen molar-refractivity contribution in [2.45, 2.75) is 58.2 Å². The minimum absolute atomic E-state index is 0.159. The van der Waals surface area contributed by atoms with Gasteiger partial charge in [0.15, 0.2) is 0 Å². The van der Waals surface area contributed by atoms with Crippen molar-refractivity contribution in [2.75, 3.05) is 18.8 Å². The molecule has 0 unspecified atom stereocenters. The molecular formula is C12H25F3N2O2S. The number of hydrogen-bond acceptors (Lipinski definition) is 3. The minimum atomic E-state index is -4.33. The SMILES string of the molecule is CCN(C(CC)(CC)CN)S(=O)(=O)CCCC(F)(F)F. The van der Waals surface area contributed by atoms with Crippen molar-refractivity contribution < 1.29 is 21.6 Å². The molecule has 0 fully saturated rings. The third-order valence-corrected chi connectivity index (χ3v) is 5.83. The lowest BCUT2D eigenvalue weighted by atomic mass is 9.93. The van der Waals surface area contributed by atoms with Gasteiger partial charge in [-0.25, -0.2) is 8.42 Å². The normalized spacial score (nSPS) is 14.0. The molecule has 0 spiro atoms. The number of nitrogens with zero attached hydrogens (tertiary/aromatic N) is 1. The summed E-state index contributed by atoms with van der Waals surface area (Å²) in [5.74, 6) is -0.498. The smallest absolute Gasteiger partial charge is 0.329 e. The fourth-order valence-corrected chi connectivity index (χ4v) is 4.43. The Kier molecular flexibility index (Phi) is 7.48. The van der Waals surface area contributed by atoms with E-state index in [0.717, 1.165) is 0 Å². The van der Waals surface area contributed by atoms with E-state index in [0.29, 0.717) is 12.8 Å². The van der Waals surface area contributed by atoms with Crippen molar-refractivity contribution in [1.82, 2.24) is 4.31 Å². The molecule has 0 radical (unpaired) electrons. The number of sulfonamides is 1. The van der Waals surface area contributed by atoms with E-state index in [2.05, 4.69) is 0 Å². The average molecular weight is 318 g/mol. The first-order valence-electron chi connectivity index (χ1n) is 6.86. The highest BCUT2D eigenvalue weighted by Gasteiger charge is 2.39. The van der Waals surface area contributed by atoms with Gasteiger partial charge in [-0.2, -0.15) is 17.5 Å². The molecule has 4 nitrogen and oxygen atoms in total. The highest BCUT2D eigenvalue weighted by molar-refractivity contribution is 7.89. The molecule has 0 amide bonds. The van der Waals surface area contributed by atoms with E-state index in [1.807, 2.05) is 13.8 Å². The van der Waals surface area contributed by atoms with Gasteiger partial charge in [-0.1, -0.05) is 20.8 Å². The number of halogens is 3. The zero-order valence-corrected chi connectivity index (χ0v) is 13.1. The lowest BCUT2D eigenvalue weighted by Crippen LogP contribution is -2.56. The zero-order valence-electron chi connectivity index (χ0n) is 12.3. The van der Waals surface area contributed by atoms with E-state index in [-0.39, 0.29) is 13.1 Å². The van der Waals surface area contributed by atoms with Crippen LogP contribution in [0.4, 0.5) is 13.2 Å². The van der Waals surface area contributed by atoms with Crippen LogP contribution >= 0.6 is 0 Å². The van der Waals surface area contributed by atoms with Crippen LogP contribution in [-0.4, -0.2) is 43.3 Å². The van der Waals surface area contributed by atoms with Crippen LogP contribution in [0.1, 0.15) is 46.5 Å². The first-order valence-corrected chi connectivity index (χ1v) is 8.46. The van der Waals surface area contributed by atoms with Gasteiger partial charge >= 0.3 is 6.18 Å². The Morgan fingerprint density at radius 1 is 1.10 bits per heavy atom. The molecule has 8 heteroatoms. The summed E-state index contributed by atoms with van der Waals surface area (Å²) in [5.41, 5.74) is 5.01. The van der Waals surface area contributed by atoms with Gasteiger partial charge in [-0.15, -0.1) is 0 Å². The summed E-state index contributed by atoms with van der Waals surface area (Å²) in [6.07, 6.45) is -4.76. The Morgan fingerprint density at radius 2 is 1.60 bits per heavy atom. The molecular weight excluding hydrogens is 293 g/mol. The predicted molar refractivity (Wildman–Crippen MR) is 73.8 cm³/mol. The van der Waals surface area contributed by atoms with Crippen molar-refractivity contribution >= 4 is 10.0 Å². The van der Waals surface area contributed by atoms with Crippen LogP contribution in [0.3, 0.4) is 0 Å². The van der Waals surface area contributed by atoms with Crippen molar-refractivity contribution in [3.8, 4) is 0 Å². The molecule has 0 saturated carbocycles. The van der Waals surface area contributed by atoms with Crippen LogP contribution in [0.15, 0.2) is 0 Å². The second kappa shape index (κ2) is 7.61. The van der Waals surface area contributed by atoms with Gasteiger partial charge in [0.05, 0.1) is 5.75 Å². The lowest BCUT2D eigenvalue weighted by molar-refractivity contribution is -0.134. The summed E-state index contributed by atoms with van der Waals surface area (Å²) >= 11 is 0. The average Bonchev–Trinajstić information content (AvgIpc) is 2.33. The van der Waals surface area contributed by atoms with Gasteiger partial charge in [0.2, 0.25) is 10.0 Å². The highest BCUT2D eigenvalue weighted by Crippen LogP contribution is 2.28. The molecule has 2 N–H and O–H groups in total. The first-order chi connectivity index (χ1) is 9.08. The maximum Gasteiger partial charge on any atom is 0.389 e. The maximum atomic E-state index is 12.3. The molecule has 0 rings (SSSR count). The molecule has 0 atom stereocenters. The van der Waals surface area contributed by atoms with E-state index in [4.69, 9.17) is 5.73 Å². The number of nitrogens with two attached hydrogens (primary N) is 1. The van der Waals surface area contributed by atoms with E-state index >= 15 is 0 Å². The first kappa shape index (κ1) is 19.7. The molecule has 0 bridgehead atoms. The van der Waals surface area contributed by atoms with Crippen molar-refractivity contribution in [3.63, 3.8) is 0 Å². The van der Waals surface area contributed by atoms with Crippen LogP contribution in [0.2, 0.25) is 0 Å². The molecule has 0 aliphatic carbocycles. The zero-order chi connectivity index (χ0) is 16.0. The van der Waals surface area contributed by atoms with Gasteiger partial charge in [0.25, 0.3) is 0 Å². The summed E-state index contributed by atoms with van der Waals surface area (Å²) in [7, 11) is -3.74. The quantitative estimate of drug-likeness (QED) is 0.710. The van der Waals surface area contributed by atoms with Crippen LogP contribution < -0.4 is 5.73 Å². The molecule has 122 valence electrons. The van der Waals surface area contributed by atoms with Crippen molar-refractivity contribution in [1.29, 1.82) is 0 Å². The van der Waals surface area contributed by atoms with Gasteiger partial charge < -0.3 is 5.73 Å². The Labute approximate surface area is 119 Å². The maximum absolute atomic E-state index is 12.3. The topological polar surface area (TPSA) is 63.4 Å². The number of rotatable bonds is 9. The summed E-state index contributed by atoms with van der Waals surface area (Å²) in [4.78, 5) is 0. The molecule has 0 aromatic rings. The van der Waals surface area contributed by atoms with Gasteiger partial charge in [-0.3, -0.25) is 0 Å². The summed E-state index contributed by atoms with van der Waals surface area (Å²) in [6, 6.07) is 0. The van der Waals surface area contributed by atoms with Crippen LogP contribution in [0.5, 0.6) is 0 Å². The fraction of sp³-hybridized carbons (Fsp3) is 1.00. The third kappa shape index (κ3) is 5.21. The van der Waals surface area contributed by atoms with E-state index < -0.39 is 40.3 Å². The molecule has 0 aliphatic heterocycles. The van der Waals surface area contributed by atoms with E-state index in [9.17, 15) is 21.6 Å². The number of hydrogen-bond donors (Lipinski definition) is 1. The van der Waals surface area contributed by atoms with Crippen molar-refractivity contribution in [3.05, 3.63) is 0 Å².